The van der Waals surface area contributed by atoms with E-state index in [0.29, 0.717) is 11.4 Å². The zero-order valence-electron chi connectivity index (χ0n) is 14.4. The number of esters is 1. The van der Waals surface area contributed by atoms with Crippen LogP contribution in [0.25, 0.3) is 0 Å². The van der Waals surface area contributed by atoms with Gasteiger partial charge in [0.2, 0.25) is 0 Å². The first-order valence-corrected chi connectivity index (χ1v) is 7.69. The Labute approximate surface area is 152 Å². The van der Waals surface area contributed by atoms with Crippen LogP contribution in [0.3, 0.4) is 0 Å². The molecule has 0 unspecified atom stereocenters. The van der Waals surface area contributed by atoms with Crippen LogP contribution in [-0.2, 0) is 9.53 Å². The van der Waals surface area contributed by atoms with Crippen LogP contribution in [0, 0.1) is 0 Å². The van der Waals surface area contributed by atoms with Gasteiger partial charge in [-0.25, -0.2) is 4.79 Å². The minimum atomic E-state index is -4.82. The summed E-state index contributed by atoms with van der Waals surface area (Å²) in [5.74, 6) is -1.36. The van der Waals surface area contributed by atoms with Crippen LogP contribution in [-0.4, -0.2) is 31.5 Å². The van der Waals surface area contributed by atoms with Gasteiger partial charge in [0.1, 0.15) is 11.5 Å². The molecule has 0 radical (unpaired) electrons. The number of carbonyl (C=O) groups is 2. The van der Waals surface area contributed by atoms with Crippen molar-refractivity contribution in [3.63, 3.8) is 0 Å². The van der Waals surface area contributed by atoms with E-state index in [2.05, 4.69) is 10.1 Å². The zero-order valence-corrected chi connectivity index (χ0v) is 14.4. The van der Waals surface area contributed by atoms with E-state index in [-0.39, 0.29) is 5.56 Å². The number of alkyl halides is 3. The minimum Gasteiger partial charge on any atom is -0.497 e. The van der Waals surface area contributed by atoms with Gasteiger partial charge in [0.05, 0.1) is 12.7 Å². The van der Waals surface area contributed by atoms with Crippen molar-refractivity contribution in [3.8, 4) is 11.5 Å². The average Bonchev–Trinajstić information content (AvgIpc) is 2.61. The van der Waals surface area contributed by atoms with E-state index < -0.39 is 30.1 Å². The molecule has 9 heteroatoms. The number of carbonyl (C=O) groups excluding carboxylic acids is 2. The molecule has 0 saturated heterocycles. The summed E-state index contributed by atoms with van der Waals surface area (Å²) in [6.07, 6.45) is -5.95. The summed E-state index contributed by atoms with van der Waals surface area (Å²) in [6.45, 7) is 1.37. The lowest BCUT2D eigenvalue weighted by Crippen LogP contribution is -2.30. The van der Waals surface area contributed by atoms with Gasteiger partial charge in [-0.1, -0.05) is 6.07 Å². The summed E-state index contributed by atoms with van der Waals surface area (Å²) < 4.78 is 50.1. The minimum absolute atomic E-state index is 0.0226. The van der Waals surface area contributed by atoms with Crippen LogP contribution in [0.4, 0.5) is 18.9 Å². The summed E-state index contributed by atoms with van der Waals surface area (Å²) in [4.78, 5) is 24.1. The van der Waals surface area contributed by atoms with Crippen molar-refractivity contribution in [2.45, 2.75) is 19.4 Å². The lowest BCUT2D eigenvalue weighted by Gasteiger charge is -2.14. The van der Waals surface area contributed by atoms with Crippen molar-refractivity contribution < 1.29 is 37.0 Å². The van der Waals surface area contributed by atoms with Gasteiger partial charge in [-0.15, -0.1) is 13.2 Å². The molecule has 2 rings (SSSR count). The number of hydrogen-bond donors (Lipinski definition) is 1. The number of benzene rings is 2. The molecule has 0 bridgehead atoms. The number of ether oxygens (including phenoxy) is 3. The number of hydrogen-bond acceptors (Lipinski definition) is 5. The number of halogens is 3. The Morgan fingerprint density at radius 2 is 1.70 bits per heavy atom. The molecule has 0 aliphatic carbocycles. The molecule has 2 aromatic rings. The van der Waals surface area contributed by atoms with E-state index in [1.54, 1.807) is 24.3 Å². The van der Waals surface area contributed by atoms with Gasteiger partial charge in [0, 0.05) is 11.8 Å². The maximum atomic E-state index is 12.1. The average molecular weight is 383 g/mol. The highest BCUT2D eigenvalue weighted by Gasteiger charge is 2.31. The quantitative estimate of drug-likeness (QED) is 0.769. The normalized spacial score (nSPS) is 12.0. The summed E-state index contributed by atoms with van der Waals surface area (Å²) >= 11 is 0. The lowest BCUT2D eigenvalue weighted by atomic mass is 10.2. The first-order chi connectivity index (χ1) is 12.7. The van der Waals surface area contributed by atoms with Crippen LogP contribution in [0.1, 0.15) is 17.3 Å². The molecule has 0 aliphatic heterocycles. The fourth-order valence-electron chi connectivity index (χ4n) is 2.02. The molecule has 0 heterocycles. The highest BCUT2D eigenvalue weighted by molar-refractivity contribution is 5.97. The molecule has 0 saturated carbocycles. The smallest absolute Gasteiger partial charge is 0.497 e. The Hall–Kier alpha value is -3.23. The maximum absolute atomic E-state index is 12.1. The zero-order chi connectivity index (χ0) is 20.0. The van der Waals surface area contributed by atoms with E-state index >= 15 is 0 Å². The second-order valence-electron chi connectivity index (χ2n) is 5.34. The van der Waals surface area contributed by atoms with Crippen LogP contribution in [0.15, 0.2) is 48.5 Å². The fourth-order valence-corrected chi connectivity index (χ4v) is 2.02. The second-order valence-corrected chi connectivity index (χ2v) is 5.34. The van der Waals surface area contributed by atoms with Gasteiger partial charge >= 0.3 is 12.3 Å². The van der Waals surface area contributed by atoms with Crippen LogP contribution in [0.5, 0.6) is 11.5 Å². The van der Waals surface area contributed by atoms with E-state index in [0.717, 1.165) is 24.3 Å². The van der Waals surface area contributed by atoms with Gasteiger partial charge in [-0.05, 0) is 43.3 Å². The Kier molecular flexibility index (Phi) is 6.27. The Balaban J connectivity index is 1.94. The molecule has 1 N–H and O–H groups in total. The van der Waals surface area contributed by atoms with E-state index in [1.807, 2.05) is 0 Å². The van der Waals surface area contributed by atoms with Gasteiger partial charge in [-0.2, -0.15) is 0 Å². The SMILES string of the molecule is COc1cccc(NC(=O)[C@@H](C)OC(=O)c2ccc(OC(F)(F)F)cc2)c1. The molecule has 144 valence electrons. The molecule has 0 spiro atoms. The number of methoxy groups -OCH3 is 1. The second kappa shape index (κ2) is 8.43. The maximum Gasteiger partial charge on any atom is 0.573 e. The summed E-state index contributed by atoms with van der Waals surface area (Å²) in [7, 11) is 1.48. The van der Waals surface area contributed by atoms with Crippen molar-refractivity contribution in [1.29, 1.82) is 0 Å². The molecule has 0 fully saturated rings. The third-order valence-corrected chi connectivity index (χ3v) is 3.31. The van der Waals surface area contributed by atoms with Crippen molar-refractivity contribution >= 4 is 17.6 Å². The van der Waals surface area contributed by atoms with Gasteiger partial charge < -0.3 is 19.5 Å². The summed E-state index contributed by atoms with van der Waals surface area (Å²) in [6, 6.07) is 10.8. The first-order valence-electron chi connectivity index (χ1n) is 7.69. The Morgan fingerprint density at radius 3 is 2.30 bits per heavy atom. The predicted octanol–water partition coefficient (Wildman–Crippen LogP) is 3.78. The molecular formula is C18H16F3NO5. The van der Waals surface area contributed by atoms with Crippen LogP contribution < -0.4 is 14.8 Å². The lowest BCUT2D eigenvalue weighted by molar-refractivity contribution is -0.274. The van der Waals surface area contributed by atoms with E-state index in [4.69, 9.17) is 9.47 Å². The molecule has 1 amide bonds. The molecule has 27 heavy (non-hydrogen) atoms. The predicted molar refractivity (Wildman–Crippen MR) is 89.6 cm³/mol. The Bertz CT molecular complexity index is 805. The molecule has 0 aliphatic rings. The van der Waals surface area contributed by atoms with E-state index in [9.17, 15) is 22.8 Å². The number of amides is 1. The monoisotopic (exact) mass is 383 g/mol. The highest BCUT2D eigenvalue weighted by atomic mass is 19.4. The molecular weight excluding hydrogens is 367 g/mol. The summed E-state index contributed by atoms with van der Waals surface area (Å²) in [5.41, 5.74) is 0.432. The van der Waals surface area contributed by atoms with Gasteiger partial charge in [0.25, 0.3) is 5.91 Å². The molecule has 0 aromatic heterocycles. The van der Waals surface area contributed by atoms with Crippen molar-refractivity contribution in [3.05, 3.63) is 54.1 Å². The third kappa shape index (κ3) is 6.21. The standard InChI is InChI=1S/C18H16F3NO5/c1-11(16(23)22-13-4-3-5-15(10-13)25-2)26-17(24)12-6-8-14(9-7-12)27-18(19,20)21/h3-11H,1-2H3,(H,22,23)/t11-/m1/s1. The third-order valence-electron chi connectivity index (χ3n) is 3.31. The van der Waals surface area contributed by atoms with Gasteiger partial charge in [0.15, 0.2) is 6.10 Å². The number of anilines is 1. The topological polar surface area (TPSA) is 73.9 Å². The van der Waals surface area contributed by atoms with Crippen LogP contribution >= 0.6 is 0 Å². The molecule has 2 aromatic carbocycles. The summed E-state index contributed by atoms with van der Waals surface area (Å²) in [5, 5.41) is 2.57. The number of nitrogens with one attached hydrogen (secondary N) is 1. The van der Waals surface area contributed by atoms with Crippen molar-refractivity contribution in [2.24, 2.45) is 0 Å². The van der Waals surface area contributed by atoms with Crippen molar-refractivity contribution in [1.82, 2.24) is 0 Å². The fraction of sp³-hybridized carbons (Fsp3) is 0.222. The highest BCUT2D eigenvalue weighted by Crippen LogP contribution is 2.23. The van der Waals surface area contributed by atoms with Crippen LogP contribution in [0.2, 0.25) is 0 Å². The largest absolute Gasteiger partial charge is 0.573 e. The molecule has 1 atom stereocenters. The van der Waals surface area contributed by atoms with Gasteiger partial charge in [-0.3, -0.25) is 4.79 Å². The first kappa shape index (κ1) is 20.1. The Morgan fingerprint density at radius 1 is 1.04 bits per heavy atom. The number of rotatable bonds is 6. The van der Waals surface area contributed by atoms with E-state index in [1.165, 1.54) is 14.0 Å². The molecule has 6 nitrogen and oxygen atoms in total. The van der Waals surface area contributed by atoms with Crippen molar-refractivity contribution in [2.75, 3.05) is 12.4 Å².